The van der Waals surface area contributed by atoms with Gasteiger partial charge in [-0.05, 0) is 36.8 Å². The van der Waals surface area contributed by atoms with Gasteiger partial charge in [0.15, 0.2) is 0 Å². The molecule has 7 heteroatoms. The van der Waals surface area contributed by atoms with Crippen molar-refractivity contribution in [3.05, 3.63) is 48.0 Å². The molecule has 0 spiro atoms. The van der Waals surface area contributed by atoms with Gasteiger partial charge in [-0.1, -0.05) is 23.9 Å². The molecule has 0 saturated carbocycles. The first-order chi connectivity index (χ1) is 12.3. The molecule has 0 aromatic heterocycles. The third-order valence-corrected chi connectivity index (χ3v) is 5.50. The average molecular weight is 380 g/mol. The fourth-order valence-corrected chi connectivity index (χ4v) is 3.95. The summed E-state index contributed by atoms with van der Waals surface area (Å²) >= 11 is 1.48. The zero-order chi connectivity index (χ0) is 18.9. The largest absolute Gasteiger partial charge is 0.416 e. The minimum atomic E-state index is -4.38. The van der Waals surface area contributed by atoms with Crippen LogP contribution in [-0.2, 0) is 11.0 Å². The number of carbonyl (C=O) groups is 1. The summed E-state index contributed by atoms with van der Waals surface area (Å²) in [4.78, 5) is 16.7. The normalized spacial score (nSPS) is 13.2. The lowest BCUT2D eigenvalue weighted by molar-refractivity contribution is -0.137. The molecule has 0 aliphatic carbocycles. The second-order valence-electron chi connectivity index (χ2n) is 6.20. The smallest absolute Gasteiger partial charge is 0.346 e. The fourth-order valence-electron chi connectivity index (χ4n) is 2.87. The van der Waals surface area contributed by atoms with E-state index in [4.69, 9.17) is 0 Å². The summed E-state index contributed by atoms with van der Waals surface area (Å²) in [6.45, 7) is 2.58. The van der Waals surface area contributed by atoms with E-state index in [0.29, 0.717) is 25.2 Å². The number of anilines is 2. The van der Waals surface area contributed by atoms with E-state index >= 15 is 0 Å². The number of hydrogen-bond acceptors (Lipinski definition) is 3. The molecule has 26 heavy (non-hydrogen) atoms. The Labute approximate surface area is 154 Å². The molecule has 2 aromatic carbocycles. The van der Waals surface area contributed by atoms with Crippen LogP contribution >= 0.6 is 11.8 Å². The van der Waals surface area contributed by atoms with Gasteiger partial charge in [0.1, 0.15) is 0 Å². The lowest BCUT2D eigenvalue weighted by atomic mass is 10.1. The first-order valence-corrected chi connectivity index (χ1v) is 9.06. The van der Waals surface area contributed by atoms with Crippen LogP contribution in [0.15, 0.2) is 52.3 Å². The zero-order valence-corrected chi connectivity index (χ0v) is 15.3. The molecule has 1 aliphatic heterocycles. The number of para-hydroxylation sites is 1. The third-order valence-electron chi connectivity index (χ3n) is 4.37. The van der Waals surface area contributed by atoms with Crippen LogP contribution in [0.25, 0.3) is 0 Å². The van der Waals surface area contributed by atoms with Crippen molar-refractivity contribution in [1.82, 2.24) is 4.90 Å². The molecule has 0 atom stereocenters. The molecule has 1 amide bonds. The Hall–Kier alpha value is -2.15. The van der Waals surface area contributed by atoms with Crippen LogP contribution in [0, 0.1) is 0 Å². The molecule has 138 valence electrons. The number of nitrogens with zero attached hydrogens (tertiary/aromatic N) is 2. The van der Waals surface area contributed by atoms with Crippen LogP contribution < -0.4 is 4.90 Å². The molecular formula is C19H19F3N2OS. The summed E-state index contributed by atoms with van der Waals surface area (Å²) < 4.78 is 39.5. The van der Waals surface area contributed by atoms with E-state index < -0.39 is 11.7 Å². The fraction of sp³-hybridized carbons (Fsp3) is 0.316. The maximum Gasteiger partial charge on any atom is 0.416 e. The van der Waals surface area contributed by atoms with Crippen LogP contribution in [0.2, 0.25) is 0 Å². The highest BCUT2D eigenvalue weighted by Crippen LogP contribution is 2.49. The summed E-state index contributed by atoms with van der Waals surface area (Å²) in [6, 6.07) is 11.6. The second kappa shape index (κ2) is 7.23. The highest BCUT2D eigenvalue weighted by molar-refractivity contribution is 7.99. The Morgan fingerprint density at radius 3 is 2.50 bits per heavy atom. The van der Waals surface area contributed by atoms with Crippen LogP contribution in [0.5, 0.6) is 0 Å². The average Bonchev–Trinajstić information content (AvgIpc) is 2.59. The molecule has 0 unspecified atom stereocenters. The molecular weight excluding hydrogens is 361 g/mol. The first-order valence-electron chi connectivity index (χ1n) is 8.25. The van der Waals surface area contributed by atoms with Crippen molar-refractivity contribution in [2.45, 2.75) is 29.3 Å². The molecule has 2 aromatic rings. The minimum Gasteiger partial charge on any atom is -0.346 e. The molecule has 3 nitrogen and oxygen atoms in total. The van der Waals surface area contributed by atoms with Crippen molar-refractivity contribution in [1.29, 1.82) is 0 Å². The van der Waals surface area contributed by atoms with Gasteiger partial charge in [0, 0.05) is 36.9 Å². The van der Waals surface area contributed by atoms with Gasteiger partial charge in [0.05, 0.1) is 16.9 Å². The molecule has 0 fully saturated rings. The highest BCUT2D eigenvalue weighted by Gasteiger charge is 2.33. The van der Waals surface area contributed by atoms with Crippen LogP contribution in [-0.4, -0.2) is 30.9 Å². The van der Waals surface area contributed by atoms with Crippen LogP contribution in [0.4, 0.5) is 24.5 Å². The predicted molar refractivity (Wildman–Crippen MR) is 96.9 cm³/mol. The number of benzene rings is 2. The Bertz CT molecular complexity index is 823. The number of carbonyl (C=O) groups excluding carboxylic acids is 1. The summed E-state index contributed by atoms with van der Waals surface area (Å²) in [5.74, 6) is -0.0284. The highest BCUT2D eigenvalue weighted by atomic mass is 32.2. The Morgan fingerprint density at radius 1 is 1.12 bits per heavy atom. The molecule has 0 bridgehead atoms. The lowest BCUT2D eigenvalue weighted by Crippen LogP contribution is -2.29. The van der Waals surface area contributed by atoms with Crippen molar-refractivity contribution in [2.24, 2.45) is 0 Å². The summed E-state index contributed by atoms with van der Waals surface area (Å²) in [6.07, 6.45) is -3.72. The van der Waals surface area contributed by atoms with E-state index in [-0.39, 0.29) is 5.91 Å². The number of alkyl halides is 3. The maximum absolute atomic E-state index is 13.2. The molecule has 0 N–H and O–H groups in total. The standard InChI is InChI=1S/C19H19F3N2OS/c1-13(25)23(2)10-5-11-24-15-6-3-4-7-17(15)26-18-9-8-14(12-16(18)24)19(20,21)22/h3-4,6-9,12H,5,10-11H2,1-2H3. The van der Waals surface area contributed by atoms with Crippen molar-refractivity contribution < 1.29 is 18.0 Å². The molecule has 1 heterocycles. The van der Waals surface area contributed by atoms with E-state index in [1.165, 1.54) is 30.8 Å². The SMILES string of the molecule is CC(=O)N(C)CCCN1c2ccccc2Sc2ccc(C(F)(F)F)cc21. The Balaban J connectivity index is 1.93. The molecule has 3 rings (SSSR count). The van der Waals surface area contributed by atoms with Gasteiger partial charge in [0.2, 0.25) is 5.91 Å². The summed E-state index contributed by atoms with van der Waals surface area (Å²) in [7, 11) is 1.72. The number of rotatable bonds is 4. The van der Waals surface area contributed by atoms with Gasteiger partial charge >= 0.3 is 6.18 Å². The monoisotopic (exact) mass is 380 g/mol. The Kier molecular flexibility index (Phi) is 5.18. The van der Waals surface area contributed by atoms with Gasteiger partial charge in [-0.2, -0.15) is 13.2 Å². The maximum atomic E-state index is 13.2. The topological polar surface area (TPSA) is 23.6 Å². The second-order valence-corrected chi connectivity index (χ2v) is 7.28. The predicted octanol–water partition coefficient (Wildman–Crippen LogP) is 5.18. The zero-order valence-electron chi connectivity index (χ0n) is 14.5. The van der Waals surface area contributed by atoms with E-state index in [1.54, 1.807) is 11.9 Å². The number of amides is 1. The van der Waals surface area contributed by atoms with Gasteiger partial charge in [-0.3, -0.25) is 4.79 Å². The third kappa shape index (κ3) is 3.82. The molecule has 0 radical (unpaired) electrons. The lowest BCUT2D eigenvalue weighted by Gasteiger charge is -2.33. The van der Waals surface area contributed by atoms with Gasteiger partial charge in [-0.25, -0.2) is 0 Å². The van der Waals surface area contributed by atoms with Crippen molar-refractivity contribution in [3.63, 3.8) is 0 Å². The van der Waals surface area contributed by atoms with E-state index in [0.717, 1.165) is 21.5 Å². The van der Waals surface area contributed by atoms with Crippen LogP contribution in [0.3, 0.4) is 0 Å². The van der Waals surface area contributed by atoms with Gasteiger partial charge < -0.3 is 9.80 Å². The summed E-state index contributed by atoms with van der Waals surface area (Å²) in [5.41, 5.74) is 0.811. The van der Waals surface area contributed by atoms with Crippen molar-refractivity contribution in [2.75, 3.05) is 25.0 Å². The van der Waals surface area contributed by atoms with E-state index in [1.807, 2.05) is 29.2 Å². The summed E-state index contributed by atoms with van der Waals surface area (Å²) in [5, 5.41) is 0. The number of fused-ring (bicyclic) bond motifs is 2. The van der Waals surface area contributed by atoms with Crippen LogP contribution in [0.1, 0.15) is 18.9 Å². The Morgan fingerprint density at radius 2 is 1.81 bits per heavy atom. The quantitative estimate of drug-likeness (QED) is 0.731. The van der Waals surface area contributed by atoms with Crippen molar-refractivity contribution >= 4 is 29.0 Å². The number of hydrogen-bond donors (Lipinski definition) is 0. The van der Waals surface area contributed by atoms with Gasteiger partial charge in [-0.15, -0.1) is 0 Å². The van der Waals surface area contributed by atoms with E-state index in [9.17, 15) is 18.0 Å². The molecule has 1 aliphatic rings. The van der Waals surface area contributed by atoms with Crippen molar-refractivity contribution in [3.8, 4) is 0 Å². The minimum absolute atomic E-state index is 0.0284. The molecule has 0 saturated heterocycles. The van der Waals surface area contributed by atoms with Gasteiger partial charge in [0.25, 0.3) is 0 Å². The van der Waals surface area contributed by atoms with E-state index in [2.05, 4.69) is 0 Å². The number of halogens is 3. The first kappa shape index (κ1) is 18.6.